The van der Waals surface area contributed by atoms with Crippen LogP contribution >= 0.6 is 0 Å². The van der Waals surface area contributed by atoms with Crippen LogP contribution in [0, 0.1) is 0 Å². The first kappa shape index (κ1) is 16.4. The summed E-state index contributed by atoms with van der Waals surface area (Å²) < 4.78 is 131. The lowest BCUT2D eigenvalue weighted by molar-refractivity contribution is -0.381. The van der Waals surface area contributed by atoms with E-state index in [0.717, 1.165) is 0 Å². The Balaban J connectivity index is 5.72. The minimum Gasteiger partial charge on any atom is -0.191 e. The summed E-state index contributed by atoms with van der Waals surface area (Å²) in [5.74, 6) is -14.4. The molecular formula is C4F11NS. The largest absolute Gasteiger partial charge is 0.460 e. The van der Waals surface area contributed by atoms with Gasteiger partial charge in [0, 0.05) is 0 Å². The summed E-state index contributed by atoms with van der Waals surface area (Å²) in [4.78, 5) is 0. The SMILES string of the molecule is FN=S(F)C(F)(F)C(F)(F)C(F)(F)C(F)(F)F. The molecule has 0 spiro atoms. The van der Waals surface area contributed by atoms with Crippen molar-refractivity contribution in [3.05, 3.63) is 0 Å². The molecule has 1 nitrogen and oxygen atoms in total. The molecule has 17 heavy (non-hydrogen) atoms. The molecule has 0 aromatic rings. The number of hydrogen-bond donors (Lipinski definition) is 0. The highest BCUT2D eigenvalue weighted by Gasteiger charge is 2.83. The molecule has 0 saturated heterocycles. The first-order chi connectivity index (χ1) is 7.23. The van der Waals surface area contributed by atoms with Crippen molar-refractivity contribution in [1.82, 2.24) is 0 Å². The highest BCUT2D eigenvalue weighted by atomic mass is 32.2. The Morgan fingerprint density at radius 1 is 0.706 bits per heavy atom. The third-order valence-electron chi connectivity index (χ3n) is 1.39. The van der Waals surface area contributed by atoms with Gasteiger partial charge in [0.15, 0.2) is 11.1 Å². The van der Waals surface area contributed by atoms with E-state index >= 15 is 0 Å². The van der Waals surface area contributed by atoms with E-state index in [1.54, 1.807) is 0 Å². The minimum absolute atomic E-state index is 0.452. The van der Waals surface area contributed by atoms with Crippen molar-refractivity contribution in [3.8, 4) is 0 Å². The molecule has 0 heterocycles. The molecule has 0 aliphatic carbocycles. The lowest BCUT2D eigenvalue weighted by Gasteiger charge is -2.31. The van der Waals surface area contributed by atoms with Gasteiger partial charge in [-0.25, -0.2) is 0 Å². The Kier molecular flexibility index (Phi) is 4.09. The molecule has 1 atom stereocenters. The molecule has 0 aromatic carbocycles. The fourth-order valence-electron chi connectivity index (χ4n) is 0.510. The van der Waals surface area contributed by atoms with Gasteiger partial charge in [0.25, 0.3) is 0 Å². The van der Waals surface area contributed by atoms with E-state index in [4.69, 9.17) is 0 Å². The summed E-state index contributed by atoms with van der Waals surface area (Å²) in [6.45, 7) is 0. The summed E-state index contributed by atoms with van der Waals surface area (Å²) in [6, 6.07) is 0. The fraction of sp³-hybridized carbons (Fsp3) is 1.00. The molecule has 0 aliphatic rings. The topological polar surface area (TPSA) is 12.4 Å². The van der Waals surface area contributed by atoms with E-state index in [9.17, 15) is 47.9 Å². The van der Waals surface area contributed by atoms with Crippen molar-refractivity contribution >= 4 is 11.1 Å². The van der Waals surface area contributed by atoms with Crippen molar-refractivity contribution in [2.45, 2.75) is 23.3 Å². The average Bonchev–Trinajstić information content (AvgIpc) is 2.13. The van der Waals surface area contributed by atoms with Crippen LogP contribution in [0.4, 0.5) is 47.9 Å². The first-order valence-electron chi connectivity index (χ1n) is 3.16. The molecule has 0 aliphatic heterocycles. The molecule has 0 aromatic heterocycles. The molecule has 0 saturated carbocycles. The van der Waals surface area contributed by atoms with Crippen molar-refractivity contribution in [3.63, 3.8) is 0 Å². The number of halogens is 11. The van der Waals surface area contributed by atoms with Gasteiger partial charge in [0.1, 0.15) is 0 Å². The van der Waals surface area contributed by atoms with Crippen molar-refractivity contribution in [2.75, 3.05) is 0 Å². The molecular weight excluding hydrogens is 303 g/mol. The second-order valence-electron chi connectivity index (χ2n) is 2.47. The van der Waals surface area contributed by atoms with E-state index in [1.807, 2.05) is 0 Å². The fourth-order valence-corrected chi connectivity index (χ4v) is 0.936. The molecule has 0 N–H and O–H groups in total. The zero-order chi connectivity index (χ0) is 14.3. The normalized spacial score (nSPS) is 17.4. The second-order valence-corrected chi connectivity index (χ2v) is 3.60. The second kappa shape index (κ2) is 4.24. The Labute approximate surface area is 87.9 Å². The van der Waals surface area contributed by atoms with E-state index in [1.165, 1.54) is 0 Å². The van der Waals surface area contributed by atoms with Gasteiger partial charge in [0.05, 0.1) is 0 Å². The van der Waals surface area contributed by atoms with Crippen LogP contribution in [0.15, 0.2) is 4.58 Å². The average molecular weight is 303 g/mol. The predicted molar refractivity (Wildman–Crippen MR) is 32.9 cm³/mol. The van der Waals surface area contributed by atoms with E-state index < -0.39 is 34.4 Å². The van der Waals surface area contributed by atoms with Gasteiger partial charge in [-0.15, -0.1) is 3.89 Å². The molecule has 0 rings (SSSR count). The Morgan fingerprint density at radius 2 is 1.06 bits per heavy atom. The minimum atomic E-state index is -7.24. The van der Waals surface area contributed by atoms with Crippen LogP contribution in [0.5, 0.6) is 0 Å². The highest BCUT2D eigenvalue weighted by molar-refractivity contribution is 7.83. The van der Waals surface area contributed by atoms with Crippen LogP contribution in [-0.4, -0.2) is 23.3 Å². The third kappa shape index (κ3) is 2.33. The highest BCUT2D eigenvalue weighted by Crippen LogP contribution is 2.54. The van der Waals surface area contributed by atoms with Crippen LogP contribution in [-0.2, 0) is 11.1 Å². The van der Waals surface area contributed by atoms with Crippen LogP contribution in [0.2, 0.25) is 0 Å². The number of alkyl halides is 9. The zero-order valence-corrected chi connectivity index (χ0v) is 7.83. The quantitative estimate of drug-likeness (QED) is 0.699. The first-order valence-corrected chi connectivity index (χ1v) is 4.24. The van der Waals surface area contributed by atoms with Crippen LogP contribution in [0.3, 0.4) is 0 Å². The zero-order valence-electron chi connectivity index (χ0n) is 7.01. The Bertz CT molecular complexity index is 316. The van der Waals surface area contributed by atoms with Gasteiger partial charge in [-0.1, -0.05) is 4.48 Å². The number of hydrogen-bond acceptors (Lipinski definition) is 1. The molecule has 1 unspecified atom stereocenters. The van der Waals surface area contributed by atoms with Crippen molar-refractivity contribution in [1.29, 1.82) is 0 Å². The molecule has 0 fully saturated rings. The standard InChI is InChI=1S/C4F11NS/c5-1(6,3(9,10)11)2(7,8)4(12,13)17(15)16-14. The van der Waals surface area contributed by atoms with Crippen LogP contribution in [0.1, 0.15) is 0 Å². The van der Waals surface area contributed by atoms with E-state index in [-0.39, 0.29) is 0 Å². The summed E-state index contributed by atoms with van der Waals surface area (Å²) >= 11 is -5.14. The summed E-state index contributed by atoms with van der Waals surface area (Å²) in [5.41, 5.74) is 0. The maximum Gasteiger partial charge on any atom is 0.460 e. The van der Waals surface area contributed by atoms with Gasteiger partial charge in [-0.05, 0) is 4.58 Å². The molecule has 0 bridgehead atoms. The molecule has 13 heteroatoms. The smallest absolute Gasteiger partial charge is 0.191 e. The maximum atomic E-state index is 12.2. The summed E-state index contributed by atoms with van der Waals surface area (Å²) in [7, 11) is 0. The van der Waals surface area contributed by atoms with Crippen molar-refractivity contribution < 1.29 is 47.9 Å². The molecule has 0 amide bonds. The molecule has 0 radical (unpaired) electrons. The third-order valence-corrected chi connectivity index (χ3v) is 2.19. The van der Waals surface area contributed by atoms with Crippen LogP contribution in [0.25, 0.3) is 0 Å². The van der Waals surface area contributed by atoms with Gasteiger partial charge < -0.3 is 0 Å². The number of rotatable bonds is 3. The Hall–Kier alpha value is -0.620. The summed E-state index contributed by atoms with van der Waals surface area (Å²) in [5, 5.41) is -6.64. The summed E-state index contributed by atoms with van der Waals surface area (Å²) in [6.07, 6.45) is -7.07. The lowest BCUT2D eigenvalue weighted by Crippen LogP contribution is -2.61. The number of nitrogens with zero attached hydrogens (tertiary/aromatic N) is 1. The predicted octanol–water partition coefficient (Wildman–Crippen LogP) is 3.98. The van der Waals surface area contributed by atoms with Gasteiger partial charge in [0.2, 0.25) is 0 Å². The monoisotopic (exact) mass is 303 g/mol. The van der Waals surface area contributed by atoms with Gasteiger partial charge in [-0.2, -0.15) is 39.5 Å². The molecule has 104 valence electrons. The lowest BCUT2D eigenvalue weighted by atomic mass is 10.1. The van der Waals surface area contributed by atoms with Crippen molar-refractivity contribution in [2.24, 2.45) is 4.58 Å². The van der Waals surface area contributed by atoms with Gasteiger partial charge >= 0.3 is 23.3 Å². The van der Waals surface area contributed by atoms with E-state index in [2.05, 4.69) is 0 Å². The van der Waals surface area contributed by atoms with Gasteiger partial charge in [-0.3, -0.25) is 0 Å². The maximum absolute atomic E-state index is 12.2. The van der Waals surface area contributed by atoms with Crippen LogP contribution < -0.4 is 0 Å². The Morgan fingerprint density at radius 3 is 1.29 bits per heavy atom. The van der Waals surface area contributed by atoms with E-state index in [0.29, 0.717) is 4.58 Å².